The van der Waals surface area contributed by atoms with E-state index >= 15 is 0 Å². The molecule has 42 heavy (non-hydrogen) atoms. The number of benzene rings is 2. The molecule has 2 aromatic carbocycles. The molecule has 1 atom stereocenters. The number of piperidine rings is 1. The molecule has 0 bridgehead atoms. The van der Waals surface area contributed by atoms with E-state index in [1.54, 1.807) is 6.20 Å². The van der Waals surface area contributed by atoms with Crippen molar-refractivity contribution in [3.63, 3.8) is 0 Å². The Morgan fingerprint density at radius 2 is 1.74 bits per heavy atom. The lowest BCUT2D eigenvalue weighted by Crippen LogP contribution is -2.41. The predicted octanol–water partition coefficient (Wildman–Crippen LogP) is 5.28. The predicted molar refractivity (Wildman–Crippen MR) is 153 cm³/mol. The molecule has 1 saturated carbocycles. The van der Waals surface area contributed by atoms with E-state index in [2.05, 4.69) is 37.6 Å². The zero-order valence-corrected chi connectivity index (χ0v) is 23.1. The van der Waals surface area contributed by atoms with E-state index in [9.17, 15) is 18.0 Å². The highest BCUT2D eigenvalue weighted by Crippen LogP contribution is 2.37. The van der Waals surface area contributed by atoms with Crippen molar-refractivity contribution in [2.75, 3.05) is 23.7 Å². The quantitative estimate of drug-likeness (QED) is 0.261. The van der Waals surface area contributed by atoms with E-state index in [4.69, 9.17) is 10.7 Å². The maximum absolute atomic E-state index is 14.6. The summed E-state index contributed by atoms with van der Waals surface area (Å²) in [5, 5.41) is 6.21. The summed E-state index contributed by atoms with van der Waals surface area (Å²) in [6, 6.07) is 11.6. The van der Waals surface area contributed by atoms with Crippen LogP contribution in [0, 0.1) is 23.4 Å². The van der Waals surface area contributed by atoms with Crippen molar-refractivity contribution in [2.45, 2.75) is 57.2 Å². The molecule has 12 heteroatoms. The van der Waals surface area contributed by atoms with Crippen molar-refractivity contribution in [2.24, 2.45) is 11.7 Å². The summed E-state index contributed by atoms with van der Waals surface area (Å²) in [6.45, 7) is 2.72. The molecule has 1 aliphatic heterocycles. The van der Waals surface area contributed by atoms with E-state index in [1.807, 2.05) is 22.8 Å². The van der Waals surface area contributed by atoms with Crippen LogP contribution in [0.5, 0.6) is 0 Å². The molecule has 2 aliphatic rings. The van der Waals surface area contributed by atoms with Gasteiger partial charge in [-0.05, 0) is 50.6 Å². The Morgan fingerprint density at radius 1 is 1.00 bits per heavy atom. The minimum Gasteiger partial charge on any atom is -0.369 e. The maximum atomic E-state index is 14.6. The third-order valence-electron chi connectivity index (χ3n) is 8.23. The van der Waals surface area contributed by atoms with E-state index in [0.29, 0.717) is 54.9 Å². The molecular formula is C30H33F3N8O. The van der Waals surface area contributed by atoms with Gasteiger partial charge >= 0.3 is 0 Å². The number of hydrogen-bond acceptors (Lipinski definition) is 7. The van der Waals surface area contributed by atoms with Gasteiger partial charge in [0.15, 0.2) is 17.3 Å². The van der Waals surface area contributed by atoms with Crippen LogP contribution in [0.2, 0.25) is 0 Å². The summed E-state index contributed by atoms with van der Waals surface area (Å²) in [7, 11) is 0. The number of halogens is 3. The Morgan fingerprint density at radius 3 is 2.45 bits per heavy atom. The number of anilines is 3. The number of primary amides is 1. The number of fused-ring (bicyclic) bond motifs is 1. The molecule has 0 spiro atoms. The smallest absolute Gasteiger partial charge is 0.225 e. The molecule has 4 aromatic rings. The van der Waals surface area contributed by atoms with Crippen LogP contribution in [-0.4, -0.2) is 49.5 Å². The van der Waals surface area contributed by atoms with Gasteiger partial charge in [0.05, 0.1) is 6.20 Å². The number of nitrogens with two attached hydrogens (primary N) is 1. The Balaban J connectivity index is 1.28. The molecule has 1 amide bonds. The number of rotatable bonds is 8. The fraction of sp³-hybridized carbons (Fsp3) is 0.400. The van der Waals surface area contributed by atoms with E-state index < -0.39 is 23.1 Å². The molecule has 2 fully saturated rings. The summed E-state index contributed by atoms with van der Waals surface area (Å²) < 4.78 is 44.5. The second kappa shape index (κ2) is 12.0. The SMILES string of the molecule is NC(=O)[C@H]1CC[C@@H](n2c(Nc3c(F)cc(F)cc3F)nc3cnc(N[C@@H]4CCCN(Cc5ccccc5)C4)nc32)CC1. The van der Waals surface area contributed by atoms with Gasteiger partial charge in [0.1, 0.15) is 17.0 Å². The lowest BCUT2D eigenvalue weighted by atomic mass is 9.85. The van der Waals surface area contributed by atoms with Crippen molar-refractivity contribution in [1.29, 1.82) is 0 Å². The standard InChI is InChI=1S/C30H33F3N8O/c31-20-13-23(32)26(24(33)14-20)38-30-37-25-15-35-29(39-28(25)41(30)22-10-8-19(9-11-22)27(34)42)36-21-7-4-12-40(17-21)16-18-5-2-1-3-6-18/h1-3,5-6,13-15,19,21-22H,4,7-12,16-17H2,(H2,34,42)(H,37,38)(H,35,36,39)/t19-,21-,22+/m1/s1. The number of nitrogens with one attached hydrogen (secondary N) is 2. The van der Waals surface area contributed by atoms with Gasteiger partial charge in [-0.15, -0.1) is 0 Å². The molecule has 4 N–H and O–H groups in total. The van der Waals surface area contributed by atoms with E-state index in [1.165, 1.54) is 5.56 Å². The molecule has 9 nitrogen and oxygen atoms in total. The van der Waals surface area contributed by atoms with Gasteiger partial charge in [-0.25, -0.2) is 23.1 Å². The Bertz CT molecular complexity index is 1550. The number of nitrogens with zero attached hydrogens (tertiary/aromatic N) is 5. The highest BCUT2D eigenvalue weighted by atomic mass is 19.1. The number of hydrogen-bond donors (Lipinski definition) is 3. The van der Waals surface area contributed by atoms with Crippen LogP contribution >= 0.6 is 0 Å². The summed E-state index contributed by atoms with van der Waals surface area (Å²) >= 11 is 0. The third-order valence-corrected chi connectivity index (χ3v) is 8.23. The third kappa shape index (κ3) is 6.03. The average Bonchev–Trinajstić information content (AvgIpc) is 3.33. The highest BCUT2D eigenvalue weighted by Gasteiger charge is 2.30. The summed E-state index contributed by atoms with van der Waals surface area (Å²) in [5.74, 6) is -3.12. The van der Waals surface area contributed by atoms with Crippen molar-refractivity contribution in [1.82, 2.24) is 24.4 Å². The lowest BCUT2D eigenvalue weighted by Gasteiger charge is -2.33. The Hall–Kier alpha value is -4.19. The first-order valence-electron chi connectivity index (χ1n) is 14.3. The van der Waals surface area contributed by atoms with Gasteiger partial charge in [0.2, 0.25) is 17.8 Å². The van der Waals surface area contributed by atoms with Crippen LogP contribution in [0.4, 0.5) is 30.8 Å². The summed E-state index contributed by atoms with van der Waals surface area (Å²) in [4.78, 5) is 28.0. The summed E-state index contributed by atoms with van der Waals surface area (Å²) in [5.41, 5.74) is 7.24. The number of aromatic nitrogens is 4. The Labute approximate surface area is 241 Å². The first-order chi connectivity index (χ1) is 20.3. The van der Waals surface area contributed by atoms with Gasteiger partial charge in [0.25, 0.3) is 0 Å². The van der Waals surface area contributed by atoms with E-state index in [-0.39, 0.29) is 29.9 Å². The zero-order chi connectivity index (χ0) is 29.2. The average molecular weight is 579 g/mol. The van der Waals surface area contributed by atoms with Crippen molar-refractivity contribution in [3.8, 4) is 0 Å². The fourth-order valence-electron chi connectivity index (χ4n) is 6.13. The van der Waals surface area contributed by atoms with E-state index in [0.717, 1.165) is 32.5 Å². The highest BCUT2D eigenvalue weighted by molar-refractivity contribution is 5.78. The van der Waals surface area contributed by atoms with Crippen LogP contribution in [0.3, 0.4) is 0 Å². The van der Waals surface area contributed by atoms with Crippen LogP contribution in [0.15, 0.2) is 48.7 Å². The van der Waals surface area contributed by atoms with Crippen LogP contribution < -0.4 is 16.4 Å². The number of imidazole rings is 1. The van der Waals surface area contributed by atoms with Gasteiger partial charge in [-0.2, -0.15) is 4.98 Å². The lowest BCUT2D eigenvalue weighted by molar-refractivity contribution is -0.122. The van der Waals surface area contributed by atoms with Crippen LogP contribution in [0.1, 0.15) is 50.1 Å². The van der Waals surface area contributed by atoms with Crippen LogP contribution in [0.25, 0.3) is 11.2 Å². The van der Waals surface area contributed by atoms with Crippen molar-refractivity contribution < 1.29 is 18.0 Å². The minimum atomic E-state index is -1.07. The normalized spacial score (nSPS) is 21.4. The molecule has 1 aliphatic carbocycles. The molecule has 0 unspecified atom stereocenters. The fourth-order valence-corrected chi connectivity index (χ4v) is 6.13. The Kier molecular flexibility index (Phi) is 7.96. The van der Waals surface area contributed by atoms with Gasteiger partial charge in [-0.1, -0.05) is 30.3 Å². The topological polar surface area (TPSA) is 114 Å². The van der Waals surface area contributed by atoms with Crippen molar-refractivity contribution >= 4 is 34.7 Å². The van der Waals surface area contributed by atoms with Crippen LogP contribution in [-0.2, 0) is 11.3 Å². The van der Waals surface area contributed by atoms with Gasteiger partial charge in [-0.3, -0.25) is 14.3 Å². The first-order valence-corrected chi connectivity index (χ1v) is 14.3. The molecule has 2 aromatic heterocycles. The van der Waals surface area contributed by atoms with Gasteiger partial charge < -0.3 is 16.4 Å². The number of carbonyl (C=O) groups excluding carboxylic acids is 1. The monoisotopic (exact) mass is 578 g/mol. The number of carbonyl (C=O) groups is 1. The molecule has 220 valence electrons. The molecular weight excluding hydrogens is 545 g/mol. The molecule has 6 rings (SSSR count). The molecule has 0 radical (unpaired) electrons. The number of amides is 1. The second-order valence-corrected chi connectivity index (χ2v) is 11.2. The first kappa shape index (κ1) is 28.0. The zero-order valence-electron chi connectivity index (χ0n) is 23.1. The largest absolute Gasteiger partial charge is 0.369 e. The van der Waals surface area contributed by atoms with Crippen molar-refractivity contribution in [3.05, 3.63) is 71.7 Å². The summed E-state index contributed by atoms with van der Waals surface area (Å²) in [6.07, 6.45) is 5.96. The second-order valence-electron chi connectivity index (χ2n) is 11.2. The minimum absolute atomic E-state index is 0.141. The maximum Gasteiger partial charge on any atom is 0.225 e. The molecule has 3 heterocycles. The van der Waals surface area contributed by atoms with Gasteiger partial charge in [0, 0.05) is 43.2 Å². The number of likely N-dealkylation sites (tertiary alicyclic amines) is 1. The molecule has 1 saturated heterocycles.